The molecule has 112 valence electrons. The van der Waals surface area contributed by atoms with E-state index in [2.05, 4.69) is 31.3 Å². The van der Waals surface area contributed by atoms with Crippen molar-refractivity contribution >= 4 is 0 Å². The number of methoxy groups -OCH3 is 1. The maximum Gasteiger partial charge on any atom is 0.124 e. The standard InChI is InChI=1S/C16H25NO3/c1-11-6-13(7-12(2)16(11)19-3)8-17-9-14-4-5-15(10-18)20-14/h6-7,14-15,17-18H,4-5,8-10H2,1-3H3/t14-,15+/m1/s1. The monoisotopic (exact) mass is 279 g/mol. The summed E-state index contributed by atoms with van der Waals surface area (Å²) < 4.78 is 11.1. The van der Waals surface area contributed by atoms with Gasteiger partial charge in [0.2, 0.25) is 0 Å². The van der Waals surface area contributed by atoms with Gasteiger partial charge in [-0.05, 0) is 43.4 Å². The molecule has 0 amide bonds. The fraction of sp³-hybridized carbons (Fsp3) is 0.625. The van der Waals surface area contributed by atoms with Crippen LogP contribution in [0.3, 0.4) is 0 Å². The molecule has 0 aromatic heterocycles. The number of rotatable bonds is 6. The molecule has 2 atom stereocenters. The molecular formula is C16H25NO3. The van der Waals surface area contributed by atoms with Gasteiger partial charge in [0.05, 0.1) is 25.9 Å². The van der Waals surface area contributed by atoms with Crippen LogP contribution in [-0.4, -0.2) is 37.6 Å². The maximum absolute atomic E-state index is 9.04. The molecule has 1 fully saturated rings. The van der Waals surface area contributed by atoms with Crippen LogP contribution in [0.4, 0.5) is 0 Å². The molecule has 2 rings (SSSR count). The van der Waals surface area contributed by atoms with Crippen molar-refractivity contribution in [3.05, 3.63) is 28.8 Å². The first kappa shape index (κ1) is 15.3. The second kappa shape index (κ2) is 7.07. The summed E-state index contributed by atoms with van der Waals surface area (Å²) in [6, 6.07) is 4.32. The van der Waals surface area contributed by atoms with Gasteiger partial charge in [-0.1, -0.05) is 12.1 Å². The molecular weight excluding hydrogens is 254 g/mol. The number of aliphatic hydroxyl groups is 1. The van der Waals surface area contributed by atoms with Crippen LogP contribution in [0.1, 0.15) is 29.5 Å². The lowest BCUT2D eigenvalue weighted by molar-refractivity contribution is 0.0123. The summed E-state index contributed by atoms with van der Waals surface area (Å²) in [4.78, 5) is 0. The molecule has 2 N–H and O–H groups in total. The van der Waals surface area contributed by atoms with Crippen LogP contribution in [0.5, 0.6) is 5.75 Å². The van der Waals surface area contributed by atoms with E-state index >= 15 is 0 Å². The van der Waals surface area contributed by atoms with Gasteiger partial charge in [0.25, 0.3) is 0 Å². The minimum atomic E-state index is 0.0345. The molecule has 0 spiro atoms. The summed E-state index contributed by atoms with van der Waals surface area (Å²) in [6.45, 7) is 5.94. The van der Waals surface area contributed by atoms with Crippen LogP contribution < -0.4 is 10.1 Å². The van der Waals surface area contributed by atoms with Gasteiger partial charge in [-0.3, -0.25) is 0 Å². The van der Waals surface area contributed by atoms with Crippen LogP contribution in [0.2, 0.25) is 0 Å². The van der Waals surface area contributed by atoms with E-state index in [1.165, 1.54) is 16.7 Å². The van der Waals surface area contributed by atoms with Gasteiger partial charge >= 0.3 is 0 Å². The molecule has 1 saturated heterocycles. The van der Waals surface area contributed by atoms with Gasteiger partial charge in [-0.25, -0.2) is 0 Å². The molecule has 0 bridgehead atoms. The third kappa shape index (κ3) is 3.72. The summed E-state index contributed by atoms with van der Waals surface area (Å²) >= 11 is 0. The Bertz CT molecular complexity index is 424. The van der Waals surface area contributed by atoms with Gasteiger partial charge in [-0.15, -0.1) is 0 Å². The Hall–Kier alpha value is -1.10. The molecule has 1 aromatic carbocycles. The predicted molar refractivity (Wildman–Crippen MR) is 79.2 cm³/mol. The molecule has 1 heterocycles. The Labute approximate surface area is 121 Å². The molecule has 0 aliphatic carbocycles. The largest absolute Gasteiger partial charge is 0.496 e. The molecule has 20 heavy (non-hydrogen) atoms. The van der Waals surface area contributed by atoms with Gasteiger partial charge in [0.1, 0.15) is 5.75 Å². The smallest absolute Gasteiger partial charge is 0.124 e. The zero-order chi connectivity index (χ0) is 14.5. The highest BCUT2D eigenvalue weighted by Crippen LogP contribution is 2.24. The Morgan fingerprint density at radius 3 is 2.45 bits per heavy atom. The maximum atomic E-state index is 9.04. The lowest BCUT2D eigenvalue weighted by Gasteiger charge is -2.15. The summed E-state index contributed by atoms with van der Waals surface area (Å²) in [6.07, 6.45) is 2.25. The highest BCUT2D eigenvalue weighted by molar-refractivity contribution is 5.43. The van der Waals surface area contributed by atoms with E-state index < -0.39 is 0 Å². The fourth-order valence-corrected chi connectivity index (χ4v) is 2.91. The second-order valence-electron chi connectivity index (χ2n) is 5.53. The van der Waals surface area contributed by atoms with Crippen molar-refractivity contribution < 1.29 is 14.6 Å². The van der Waals surface area contributed by atoms with Crippen LogP contribution in [-0.2, 0) is 11.3 Å². The van der Waals surface area contributed by atoms with Crippen molar-refractivity contribution in [2.75, 3.05) is 20.3 Å². The van der Waals surface area contributed by atoms with Gasteiger partial charge < -0.3 is 19.9 Å². The first-order valence-electron chi connectivity index (χ1n) is 7.25. The van der Waals surface area contributed by atoms with E-state index in [0.29, 0.717) is 0 Å². The predicted octanol–water partition coefficient (Wildman–Crippen LogP) is 1.94. The van der Waals surface area contributed by atoms with E-state index in [9.17, 15) is 0 Å². The van der Waals surface area contributed by atoms with Crippen molar-refractivity contribution in [3.8, 4) is 5.75 Å². The van der Waals surface area contributed by atoms with Gasteiger partial charge in [0, 0.05) is 13.1 Å². The van der Waals surface area contributed by atoms with Crippen molar-refractivity contribution in [3.63, 3.8) is 0 Å². The van der Waals surface area contributed by atoms with Crippen molar-refractivity contribution in [1.29, 1.82) is 0 Å². The highest BCUT2D eigenvalue weighted by atomic mass is 16.5. The fourth-order valence-electron chi connectivity index (χ4n) is 2.91. The lowest BCUT2D eigenvalue weighted by atomic mass is 10.1. The minimum Gasteiger partial charge on any atom is -0.496 e. The number of aliphatic hydroxyl groups excluding tert-OH is 1. The number of aryl methyl sites for hydroxylation is 2. The highest BCUT2D eigenvalue weighted by Gasteiger charge is 2.23. The van der Waals surface area contributed by atoms with Crippen molar-refractivity contribution in [1.82, 2.24) is 5.32 Å². The van der Waals surface area contributed by atoms with Crippen LogP contribution in [0.25, 0.3) is 0 Å². The van der Waals surface area contributed by atoms with Crippen molar-refractivity contribution in [2.24, 2.45) is 0 Å². The van der Waals surface area contributed by atoms with Gasteiger partial charge in [-0.2, -0.15) is 0 Å². The molecule has 1 aliphatic heterocycles. The number of nitrogens with one attached hydrogen (secondary N) is 1. The van der Waals surface area contributed by atoms with E-state index in [-0.39, 0.29) is 18.8 Å². The summed E-state index contributed by atoms with van der Waals surface area (Å²) in [5.41, 5.74) is 3.60. The molecule has 4 heteroatoms. The molecule has 0 unspecified atom stereocenters. The van der Waals surface area contributed by atoms with E-state index in [0.717, 1.165) is 31.7 Å². The Morgan fingerprint density at radius 1 is 1.25 bits per heavy atom. The quantitative estimate of drug-likeness (QED) is 0.835. The Kier molecular flexibility index (Phi) is 5.40. The van der Waals surface area contributed by atoms with Crippen LogP contribution in [0, 0.1) is 13.8 Å². The van der Waals surface area contributed by atoms with Gasteiger partial charge in [0.15, 0.2) is 0 Å². The first-order valence-corrected chi connectivity index (χ1v) is 7.25. The minimum absolute atomic E-state index is 0.0345. The van der Waals surface area contributed by atoms with Crippen molar-refractivity contribution in [2.45, 2.75) is 45.4 Å². The number of ether oxygens (including phenoxy) is 2. The van der Waals surface area contributed by atoms with E-state index in [4.69, 9.17) is 14.6 Å². The number of hydrogen-bond acceptors (Lipinski definition) is 4. The normalized spacial score (nSPS) is 22.2. The average Bonchev–Trinajstić information content (AvgIpc) is 2.86. The van der Waals surface area contributed by atoms with Crippen LogP contribution in [0.15, 0.2) is 12.1 Å². The topological polar surface area (TPSA) is 50.7 Å². The lowest BCUT2D eigenvalue weighted by Crippen LogP contribution is -2.27. The average molecular weight is 279 g/mol. The molecule has 1 aliphatic rings. The van der Waals surface area contributed by atoms with E-state index in [1.54, 1.807) is 7.11 Å². The number of benzene rings is 1. The number of hydrogen-bond donors (Lipinski definition) is 2. The summed E-state index contributed by atoms with van der Waals surface area (Å²) in [5.74, 6) is 0.971. The second-order valence-corrected chi connectivity index (χ2v) is 5.53. The molecule has 0 saturated carbocycles. The Morgan fingerprint density at radius 2 is 1.90 bits per heavy atom. The molecule has 4 nitrogen and oxygen atoms in total. The Balaban J connectivity index is 1.83. The summed E-state index contributed by atoms with van der Waals surface area (Å²) in [7, 11) is 1.71. The van der Waals surface area contributed by atoms with E-state index in [1.807, 2.05) is 0 Å². The van der Waals surface area contributed by atoms with Crippen LogP contribution >= 0.6 is 0 Å². The third-order valence-electron chi connectivity index (χ3n) is 3.82. The molecule has 1 aromatic rings. The zero-order valence-corrected chi connectivity index (χ0v) is 12.6. The SMILES string of the molecule is COc1c(C)cc(CNC[C@H]2CC[C@@H](CO)O2)cc1C. The zero-order valence-electron chi connectivity index (χ0n) is 12.6. The first-order chi connectivity index (χ1) is 9.63. The summed E-state index contributed by atoms with van der Waals surface area (Å²) in [5, 5.41) is 12.5. The molecule has 0 radical (unpaired) electrons. The third-order valence-corrected chi connectivity index (χ3v) is 3.82.